The van der Waals surface area contributed by atoms with Crippen LogP contribution < -0.4 is 19.5 Å². The Kier molecular flexibility index (Phi) is 10.8. The lowest BCUT2D eigenvalue weighted by Gasteiger charge is -2.28. The SMILES string of the molecule is COc1ccc(OC)c(CC(=O)NS(=O)(=O)Cc2ccc(C3NC(OCC(F)(F)F)C4=C3C(=O)C(OCC(F)(F)F)c3cccnc34)c(C)c2)c1. The second-order valence-corrected chi connectivity index (χ2v) is 13.4. The Morgan fingerprint density at radius 3 is 2.27 bits per heavy atom. The summed E-state index contributed by atoms with van der Waals surface area (Å²) in [5.74, 6) is -1.67. The lowest BCUT2D eigenvalue weighted by Crippen LogP contribution is -2.34. The molecule has 11 nitrogen and oxygen atoms in total. The van der Waals surface area contributed by atoms with E-state index < -0.39 is 71.4 Å². The van der Waals surface area contributed by atoms with Gasteiger partial charge in [0.1, 0.15) is 37.0 Å². The van der Waals surface area contributed by atoms with Crippen LogP contribution in [0.5, 0.6) is 11.5 Å². The maximum atomic E-state index is 13.9. The van der Waals surface area contributed by atoms with Gasteiger partial charge in [0, 0.05) is 28.5 Å². The number of benzene rings is 2. The minimum absolute atomic E-state index is 0.0656. The quantitative estimate of drug-likeness (QED) is 0.249. The number of aryl methyl sites for hydroxylation is 1. The second-order valence-electron chi connectivity index (χ2n) is 11.7. The Labute approximate surface area is 288 Å². The predicted molar refractivity (Wildman–Crippen MR) is 168 cm³/mol. The normalized spacial score (nSPS) is 19.1. The summed E-state index contributed by atoms with van der Waals surface area (Å²) in [7, 11) is -1.43. The fourth-order valence-corrected chi connectivity index (χ4v) is 7.10. The van der Waals surface area contributed by atoms with Crippen molar-refractivity contribution in [2.75, 3.05) is 27.4 Å². The Morgan fingerprint density at radius 1 is 0.922 bits per heavy atom. The molecule has 0 fully saturated rings. The van der Waals surface area contributed by atoms with Crippen LogP contribution in [-0.4, -0.2) is 71.1 Å². The van der Waals surface area contributed by atoms with Crippen molar-refractivity contribution in [3.8, 4) is 11.5 Å². The molecular formula is C33H31F6N3O8S. The molecule has 2 heterocycles. The van der Waals surface area contributed by atoms with Gasteiger partial charge in [0.15, 0.2) is 5.78 Å². The van der Waals surface area contributed by atoms with Crippen LogP contribution in [0.15, 0.2) is 60.3 Å². The van der Waals surface area contributed by atoms with Crippen molar-refractivity contribution >= 4 is 27.3 Å². The van der Waals surface area contributed by atoms with Crippen LogP contribution in [0.4, 0.5) is 26.3 Å². The summed E-state index contributed by atoms with van der Waals surface area (Å²) < 4.78 is 128. The number of alkyl halides is 6. The zero-order valence-corrected chi connectivity index (χ0v) is 28.0. The first-order valence-corrected chi connectivity index (χ1v) is 16.7. The van der Waals surface area contributed by atoms with Gasteiger partial charge in [0.25, 0.3) is 0 Å². The number of ether oxygens (including phenoxy) is 4. The fourth-order valence-electron chi connectivity index (χ4n) is 5.99. The maximum Gasteiger partial charge on any atom is 0.411 e. The van der Waals surface area contributed by atoms with Crippen molar-refractivity contribution in [1.82, 2.24) is 15.0 Å². The highest BCUT2D eigenvalue weighted by Crippen LogP contribution is 2.47. The molecule has 0 spiro atoms. The summed E-state index contributed by atoms with van der Waals surface area (Å²) in [4.78, 5) is 30.7. The Balaban J connectivity index is 1.42. The highest BCUT2D eigenvalue weighted by atomic mass is 32.2. The number of aromatic nitrogens is 1. The molecule has 51 heavy (non-hydrogen) atoms. The van der Waals surface area contributed by atoms with Crippen LogP contribution >= 0.6 is 0 Å². The number of methoxy groups -OCH3 is 2. The molecule has 5 rings (SSSR count). The van der Waals surface area contributed by atoms with Crippen LogP contribution in [0.25, 0.3) is 5.57 Å². The Hall–Kier alpha value is -4.52. The van der Waals surface area contributed by atoms with Crippen LogP contribution in [0, 0.1) is 6.92 Å². The van der Waals surface area contributed by atoms with Crippen molar-refractivity contribution in [1.29, 1.82) is 0 Å². The number of sulfonamides is 1. The van der Waals surface area contributed by atoms with Gasteiger partial charge in [-0.1, -0.05) is 24.3 Å². The summed E-state index contributed by atoms with van der Waals surface area (Å²) in [6.07, 6.45) is -12.0. The first-order valence-electron chi connectivity index (χ1n) is 15.1. The van der Waals surface area contributed by atoms with E-state index in [4.69, 9.17) is 18.9 Å². The van der Waals surface area contributed by atoms with Crippen LogP contribution in [0.1, 0.15) is 45.7 Å². The molecule has 2 N–H and O–H groups in total. The van der Waals surface area contributed by atoms with Gasteiger partial charge in [0.05, 0.1) is 38.1 Å². The monoisotopic (exact) mass is 743 g/mol. The number of amides is 1. The zero-order chi connectivity index (χ0) is 37.3. The molecule has 2 aliphatic rings. The molecule has 3 atom stereocenters. The molecule has 0 saturated heterocycles. The van der Waals surface area contributed by atoms with E-state index in [9.17, 15) is 44.3 Å². The van der Waals surface area contributed by atoms with Gasteiger partial charge in [0.2, 0.25) is 15.9 Å². The van der Waals surface area contributed by atoms with Crippen LogP contribution in [0.2, 0.25) is 0 Å². The number of Topliss-reactive ketones (excluding diaryl/α,β-unsaturated/α-hetero) is 1. The maximum absolute atomic E-state index is 13.9. The molecule has 0 bridgehead atoms. The fraction of sp³-hybridized carbons (Fsp3) is 0.364. The van der Waals surface area contributed by atoms with E-state index in [-0.39, 0.29) is 34.4 Å². The molecule has 0 saturated carbocycles. The first kappa shape index (κ1) is 37.7. The van der Waals surface area contributed by atoms with E-state index in [0.29, 0.717) is 28.2 Å². The second kappa shape index (κ2) is 14.6. The van der Waals surface area contributed by atoms with E-state index in [0.717, 1.165) is 0 Å². The van der Waals surface area contributed by atoms with E-state index in [1.54, 1.807) is 19.1 Å². The van der Waals surface area contributed by atoms with E-state index in [1.165, 1.54) is 56.8 Å². The number of hydrogen-bond acceptors (Lipinski definition) is 10. The molecular weight excluding hydrogens is 712 g/mol. The van der Waals surface area contributed by atoms with E-state index in [1.807, 2.05) is 4.72 Å². The predicted octanol–water partition coefficient (Wildman–Crippen LogP) is 4.80. The molecule has 3 aromatic rings. The minimum Gasteiger partial charge on any atom is -0.497 e. The summed E-state index contributed by atoms with van der Waals surface area (Å²) in [6, 6.07) is 10.4. The molecule has 2 aromatic carbocycles. The smallest absolute Gasteiger partial charge is 0.411 e. The number of carbonyl (C=O) groups excluding carboxylic acids is 2. The molecule has 3 unspecified atom stereocenters. The average Bonchev–Trinajstić information content (AvgIpc) is 3.42. The topological polar surface area (TPSA) is 142 Å². The molecule has 1 aromatic heterocycles. The van der Waals surface area contributed by atoms with Crippen LogP contribution in [-0.2, 0) is 41.3 Å². The van der Waals surface area contributed by atoms with Gasteiger partial charge in [-0.05, 0) is 47.9 Å². The van der Waals surface area contributed by atoms with Crippen molar-refractivity contribution in [2.45, 2.75) is 49.8 Å². The third-order valence-electron chi connectivity index (χ3n) is 7.98. The number of carbonyl (C=O) groups is 2. The van der Waals surface area contributed by atoms with E-state index >= 15 is 0 Å². The number of rotatable bonds is 12. The van der Waals surface area contributed by atoms with Crippen molar-refractivity contribution < 1.29 is 63.3 Å². The third kappa shape index (κ3) is 8.87. The average molecular weight is 744 g/mol. The van der Waals surface area contributed by atoms with Crippen molar-refractivity contribution in [2.24, 2.45) is 0 Å². The minimum atomic E-state index is -4.79. The Bertz CT molecular complexity index is 1970. The lowest BCUT2D eigenvalue weighted by molar-refractivity contribution is -0.187. The van der Waals surface area contributed by atoms with Gasteiger partial charge in [-0.3, -0.25) is 24.6 Å². The number of hydrogen-bond donors (Lipinski definition) is 2. The Morgan fingerprint density at radius 2 is 1.63 bits per heavy atom. The van der Waals surface area contributed by atoms with Crippen LogP contribution in [0.3, 0.4) is 0 Å². The summed E-state index contributed by atoms with van der Waals surface area (Å²) >= 11 is 0. The van der Waals surface area contributed by atoms with Gasteiger partial charge >= 0.3 is 12.4 Å². The molecule has 18 heteroatoms. The highest BCUT2D eigenvalue weighted by Gasteiger charge is 2.48. The first-order chi connectivity index (χ1) is 23.9. The number of nitrogens with zero attached hydrogens (tertiary/aromatic N) is 1. The van der Waals surface area contributed by atoms with Gasteiger partial charge < -0.3 is 18.9 Å². The van der Waals surface area contributed by atoms with Gasteiger partial charge in [-0.25, -0.2) is 8.42 Å². The van der Waals surface area contributed by atoms with Gasteiger partial charge in [-0.15, -0.1) is 0 Å². The molecule has 1 aliphatic carbocycles. The molecule has 274 valence electrons. The summed E-state index contributed by atoms with van der Waals surface area (Å²) in [5, 5.41) is 2.83. The van der Waals surface area contributed by atoms with Crippen molar-refractivity contribution in [3.05, 3.63) is 93.8 Å². The van der Waals surface area contributed by atoms with Gasteiger partial charge in [-0.2, -0.15) is 26.3 Å². The largest absolute Gasteiger partial charge is 0.497 e. The summed E-state index contributed by atoms with van der Waals surface area (Å²) in [6.45, 7) is -1.95. The molecule has 1 aliphatic heterocycles. The highest BCUT2D eigenvalue weighted by molar-refractivity contribution is 7.89. The zero-order valence-electron chi connectivity index (χ0n) is 27.1. The number of fused-ring (bicyclic) bond motifs is 2. The summed E-state index contributed by atoms with van der Waals surface area (Å²) in [5.41, 5.74) is 0.813. The molecule has 0 radical (unpaired) electrons. The lowest BCUT2D eigenvalue weighted by atomic mass is 9.82. The number of halogens is 6. The van der Waals surface area contributed by atoms with Crippen molar-refractivity contribution in [3.63, 3.8) is 0 Å². The third-order valence-corrected chi connectivity index (χ3v) is 9.23. The standard InChI is InChI=1S/C33H31F6N3O8S/c1-17-11-18(14-51(45,46)42-24(43)13-19-12-20(47-2)7-9-23(19)48-3)6-8-21(17)28-25-26(31(41-28)50-16-33(37,38)39)27-22(5-4-10-40-27)30(29(25)44)49-15-32(34,35)36/h4-12,28,30-31,41H,13-16H2,1-3H3,(H,42,43). The van der Waals surface area contributed by atoms with E-state index in [2.05, 4.69) is 10.3 Å². The number of pyridine rings is 1. The number of nitrogens with one attached hydrogen (secondary N) is 2. The molecule has 1 amide bonds. The number of ketones is 1.